The molecule has 15 aromatic rings. The zero-order valence-electron chi connectivity index (χ0n) is 52.6. The summed E-state index contributed by atoms with van der Waals surface area (Å²) in [4.78, 5) is 40.9. The molecule has 9 heterocycles. The number of hydrogen-bond donors (Lipinski definition) is 4. The van der Waals surface area contributed by atoms with Gasteiger partial charge in [-0.1, -0.05) is 81.1 Å². The molecule has 0 spiro atoms. The number of furan rings is 3. The van der Waals surface area contributed by atoms with Crippen LogP contribution in [0.2, 0.25) is 15.1 Å². The van der Waals surface area contributed by atoms with E-state index in [1.165, 1.54) is 12.1 Å². The van der Waals surface area contributed by atoms with E-state index in [9.17, 15) is 14.7 Å². The summed E-state index contributed by atoms with van der Waals surface area (Å²) in [6.07, 6.45) is 6.07. The molecule has 477 valence electrons. The number of hydrogen-bond acceptors (Lipinski definition) is 21. The summed E-state index contributed by atoms with van der Waals surface area (Å²) >= 11 is 22.1. The molecule has 4 N–H and O–H groups in total. The van der Waals surface area contributed by atoms with Crippen LogP contribution in [0.3, 0.4) is 0 Å². The average Bonchev–Trinajstić information content (AvgIpc) is 1.77. The Morgan fingerprint density at radius 1 is 0.521 bits per heavy atom. The van der Waals surface area contributed by atoms with E-state index in [0.29, 0.717) is 68.0 Å². The molecule has 0 amide bonds. The van der Waals surface area contributed by atoms with Crippen LogP contribution in [0.15, 0.2) is 200 Å². The number of aliphatic hydroxyl groups is 2. The maximum Gasteiger partial charge on any atom is 1.00 e. The number of nitrogens with zero attached hydrogens (tertiary/aromatic N) is 15. The third-order valence-electron chi connectivity index (χ3n) is 14.4. The standard InChI is InChI=1S/C21H16ClN5O2.C21H14ClN5O2.C16H11BrClN5.C5H5BO4.C2H6O.B.Na.H/c2*1-26(15-4-2-3-13(9-15)19-8-6-16(11-28)29-19)20-17-7-5-14(22)10-18(17)27-12-23-25-21(27)24-20;1-22(12-4-2-3-10(17)7-12)15-13-6-5-11(18)8-14(13)23-9-19-21-16(23)20-15;7-3-4-1-2-5(10-4)6(8)9;1-2-3;;;/h2-10,12,28H,11H2,1H3;2-12H,1H3;2-9H,1H3;1-3,8-9H;3H,2H2,1H3;;;/q;;;;;;+1;-1. The van der Waals surface area contributed by atoms with Crippen molar-refractivity contribution in [2.45, 2.75) is 13.5 Å². The predicted octanol–water partition coefficient (Wildman–Crippen LogP) is 9.19. The van der Waals surface area contributed by atoms with E-state index in [0.717, 1.165) is 82.8 Å². The Bertz CT molecular complexity index is 5220. The second-order valence-corrected chi connectivity index (χ2v) is 22.6. The number of rotatable bonds is 12. The average molecular weight is 1420 g/mol. The zero-order valence-corrected chi connectivity index (χ0v) is 57.4. The largest absolute Gasteiger partial charge is 1.00 e. The van der Waals surface area contributed by atoms with Crippen LogP contribution in [-0.2, 0) is 6.61 Å². The molecule has 0 aliphatic carbocycles. The van der Waals surface area contributed by atoms with Gasteiger partial charge in [-0.15, -0.1) is 30.6 Å². The van der Waals surface area contributed by atoms with Gasteiger partial charge in [0.15, 0.2) is 24.1 Å². The summed E-state index contributed by atoms with van der Waals surface area (Å²) in [5.41, 5.74) is 7.26. The molecule has 0 fully saturated rings. The molecule has 24 nitrogen and oxygen atoms in total. The number of aldehydes is 2. The van der Waals surface area contributed by atoms with Gasteiger partial charge in [-0.25, -0.2) is 0 Å². The summed E-state index contributed by atoms with van der Waals surface area (Å²) in [6, 6.07) is 50.5. The Morgan fingerprint density at radius 2 is 0.906 bits per heavy atom. The first-order valence-corrected chi connectivity index (χ1v) is 30.3. The Labute approximate surface area is 595 Å². The van der Waals surface area contributed by atoms with Crippen molar-refractivity contribution in [3.05, 3.63) is 220 Å². The first kappa shape index (κ1) is 71.0. The van der Waals surface area contributed by atoms with Gasteiger partial charge in [-0.3, -0.25) is 22.8 Å². The van der Waals surface area contributed by atoms with Gasteiger partial charge in [0.05, 0.1) is 16.6 Å². The van der Waals surface area contributed by atoms with E-state index in [4.69, 9.17) is 68.8 Å². The topological polar surface area (TPSA) is 293 Å². The van der Waals surface area contributed by atoms with Crippen LogP contribution in [0.4, 0.5) is 34.5 Å². The minimum atomic E-state index is -1.64. The van der Waals surface area contributed by atoms with E-state index < -0.39 is 7.12 Å². The van der Waals surface area contributed by atoms with Gasteiger partial charge in [0.1, 0.15) is 66.0 Å². The summed E-state index contributed by atoms with van der Waals surface area (Å²) in [5, 5.41) is 62.7. The molecule has 0 saturated carbocycles. The van der Waals surface area contributed by atoms with Crippen molar-refractivity contribution in [2.75, 3.05) is 42.4 Å². The van der Waals surface area contributed by atoms with E-state index in [-0.39, 0.29) is 64.0 Å². The maximum atomic E-state index is 10.9. The molecular weight excluding hydrogens is 1370 g/mol. The van der Waals surface area contributed by atoms with Crippen LogP contribution in [-0.4, -0.2) is 135 Å². The van der Waals surface area contributed by atoms with Crippen molar-refractivity contribution in [3.63, 3.8) is 0 Å². The van der Waals surface area contributed by atoms with E-state index in [1.807, 2.05) is 178 Å². The molecular formula is C65H53B2BrCl3N15NaO9. The number of aliphatic hydroxyl groups excluding tert-OH is 2. The van der Waals surface area contributed by atoms with Gasteiger partial charge in [-0.2, -0.15) is 15.0 Å². The molecule has 96 heavy (non-hydrogen) atoms. The van der Waals surface area contributed by atoms with Crippen molar-refractivity contribution in [1.82, 2.24) is 58.7 Å². The van der Waals surface area contributed by atoms with Crippen LogP contribution in [0.1, 0.15) is 35.2 Å². The first-order chi connectivity index (χ1) is 45.6. The minimum Gasteiger partial charge on any atom is -1.00 e. The minimum absolute atomic E-state index is 0. The van der Waals surface area contributed by atoms with Gasteiger partial charge in [-0.05, 0) is 140 Å². The van der Waals surface area contributed by atoms with Crippen molar-refractivity contribution in [3.8, 4) is 22.6 Å². The quantitative estimate of drug-likeness (QED) is 0.0654. The van der Waals surface area contributed by atoms with E-state index in [1.54, 1.807) is 48.5 Å². The molecule has 0 aliphatic heterocycles. The fourth-order valence-corrected chi connectivity index (χ4v) is 10.8. The number of benzene rings is 6. The fourth-order valence-electron chi connectivity index (χ4n) is 9.88. The number of aromatic nitrogens is 12. The molecule has 3 radical (unpaired) electrons. The van der Waals surface area contributed by atoms with Gasteiger partial charge < -0.3 is 49.6 Å². The number of anilines is 6. The number of halogens is 4. The van der Waals surface area contributed by atoms with E-state index >= 15 is 0 Å². The third kappa shape index (κ3) is 15.6. The monoisotopic (exact) mass is 1420 g/mol. The van der Waals surface area contributed by atoms with Crippen molar-refractivity contribution >= 4 is 169 Å². The molecule has 6 aromatic carbocycles. The molecule has 0 bridgehead atoms. The van der Waals surface area contributed by atoms with Crippen LogP contribution in [0.5, 0.6) is 0 Å². The first-order valence-electron chi connectivity index (χ1n) is 28.4. The number of carbonyl (C=O) groups is 2. The number of carbonyl (C=O) groups excluding carboxylic acids is 2. The molecule has 15 rings (SSSR count). The third-order valence-corrected chi connectivity index (χ3v) is 15.5. The molecule has 31 heteroatoms. The van der Waals surface area contributed by atoms with Crippen molar-refractivity contribution in [2.24, 2.45) is 0 Å². The summed E-state index contributed by atoms with van der Waals surface area (Å²) in [5.74, 6) is 6.01. The summed E-state index contributed by atoms with van der Waals surface area (Å²) < 4.78 is 22.3. The van der Waals surface area contributed by atoms with Gasteiger partial charge in [0, 0.05) is 100 Å². The van der Waals surface area contributed by atoms with Crippen molar-refractivity contribution < 1.29 is 74.1 Å². The van der Waals surface area contributed by atoms with Crippen LogP contribution < -0.4 is 49.9 Å². The molecule has 0 unspecified atom stereocenters. The smallest absolute Gasteiger partial charge is 1.00 e. The molecule has 0 atom stereocenters. The number of fused-ring (bicyclic) bond motifs is 9. The molecule has 9 aromatic heterocycles. The van der Waals surface area contributed by atoms with Crippen LogP contribution in [0, 0.1) is 0 Å². The molecule has 0 aliphatic rings. The second kappa shape index (κ2) is 31.9. The van der Waals surface area contributed by atoms with Crippen LogP contribution >= 0.6 is 50.7 Å². The fraction of sp³-hybridized carbons (Fsp3) is 0.0923. The zero-order chi connectivity index (χ0) is 66.2. The Morgan fingerprint density at radius 3 is 1.27 bits per heavy atom. The molecule has 0 saturated heterocycles. The second-order valence-electron chi connectivity index (χ2n) is 20.3. The van der Waals surface area contributed by atoms with Crippen molar-refractivity contribution in [1.29, 1.82) is 0 Å². The summed E-state index contributed by atoms with van der Waals surface area (Å²) in [6.45, 7) is 1.80. The van der Waals surface area contributed by atoms with E-state index in [2.05, 4.69) is 55.9 Å². The van der Waals surface area contributed by atoms with Gasteiger partial charge in [0.2, 0.25) is 0 Å². The van der Waals surface area contributed by atoms with Gasteiger partial charge in [0.25, 0.3) is 17.3 Å². The predicted molar refractivity (Wildman–Crippen MR) is 371 cm³/mol. The normalized spacial score (nSPS) is 10.7. The Balaban J connectivity index is 0.000000168. The SMILES string of the molecule is CCO.CN(c1cccc(-c2ccc(C=O)o2)c1)c1nc2nncn2c2cc(Cl)ccc12.CN(c1cccc(-c2ccc(CO)o2)c1)c1nc2nncn2c2cc(Cl)ccc12.CN(c1cccc(Br)c1)c1nc2nncn2c2cc(Cl)ccc12.O=Cc1ccc(B(O)O)o1.[B].[H-].[Na+]. The van der Waals surface area contributed by atoms with Crippen LogP contribution in [0.25, 0.3) is 72.7 Å². The Hall–Kier alpha value is -9.35. The summed E-state index contributed by atoms with van der Waals surface area (Å²) in [7, 11) is 4.21. The maximum absolute atomic E-state index is 10.9. The van der Waals surface area contributed by atoms with Gasteiger partial charge >= 0.3 is 36.7 Å². The Kier molecular flexibility index (Phi) is 23.6.